The summed E-state index contributed by atoms with van der Waals surface area (Å²) in [6.07, 6.45) is 5.40. The molecular weight excluding hydrogens is 324 g/mol. The van der Waals surface area contributed by atoms with Crippen LogP contribution in [0, 0.1) is 0 Å². The van der Waals surface area contributed by atoms with Crippen molar-refractivity contribution in [3.05, 3.63) is 22.2 Å². The van der Waals surface area contributed by atoms with Crippen LogP contribution in [-0.4, -0.2) is 16.9 Å². The highest BCUT2D eigenvalue weighted by molar-refractivity contribution is 9.10. The molecule has 0 atom stereocenters. The molecule has 0 bridgehead atoms. The minimum atomic E-state index is -0.757. The summed E-state index contributed by atoms with van der Waals surface area (Å²) < 4.78 is 12.8. The summed E-state index contributed by atoms with van der Waals surface area (Å²) in [6, 6.07) is 3.72. The molecule has 3 aliphatic rings. The summed E-state index contributed by atoms with van der Waals surface area (Å²) in [5.41, 5.74) is 0.0743. The van der Waals surface area contributed by atoms with Gasteiger partial charge in [0.15, 0.2) is 11.5 Å². The van der Waals surface area contributed by atoms with Crippen LogP contribution < -0.4 is 9.47 Å². The minimum absolute atomic E-state index is 0.500. The summed E-state index contributed by atoms with van der Waals surface area (Å²) in [5.74, 6) is 0.161. The van der Waals surface area contributed by atoms with E-state index in [1.54, 1.807) is 0 Å². The Bertz CT molecular complexity index is 600. The highest BCUT2D eigenvalue weighted by Gasteiger charge is 2.54. The van der Waals surface area contributed by atoms with Gasteiger partial charge in [-0.15, -0.1) is 0 Å². The standard InChI is InChI=1S/C15H15BrO4/c16-10-8-12-11(19-15(20-12)3-1-2-4-15)7-9(10)14(5-6-14)13(17)18/h7-8H,1-6H2,(H,17,18). The minimum Gasteiger partial charge on any atom is -0.481 e. The van der Waals surface area contributed by atoms with Gasteiger partial charge >= 0.3 is 5.97 Å². The number of carboxylic acid groups (broad SMARTS) is 1. The van der Waals surface area contributed by atoms with E-state index >= 15 is 0 Å². The maximum atomic E-state index is 11.5. The van der Waals surface area contributed by atoms with Gasteiger partial charge in [0, 0.05) is 17.3 Å². The first kappa shape index (κ1) is 12.5. The van der Waals surface area contributed by atoms with Crippen molar-refractivity contribution in [2.75, 3.05) is 0 Å². The zero-order valence-electron chi connectivity index (χ0n) is 10.9. The van der Waals surface area contributed by atoms with Crippen molar-refractivity contribution in [1.82, 2.24) is 0 Å². The molecule has 0 radical (unpaired) electrons. The third-order valence-corrected chi connectivity index (χ3v) is 5.32. The smallest absolute Gasteiger partial charge is 0.314 e. The molecule has 1 N–H and O–H groups in total. The summed E-state index contributed by atoms with van der Waals surface area (Å²) in [7, 11) is 0. The zero-order valence-corrected chi connectivity index (χ0v) is 12.5. The maximum absolute atomic E-state index is 11.5. The second kappa shape index (κ2) is 3.91. The maximum Gasteiger partial charge on any atom is 0.314 e. The van der Waals surface area contributed by atoms with Crippen molar-refractivity contribution in [3.63, 3.8) is 0 Å². The molecule has 5 heteroatoms. The van der Waals surface area contributed by atoms with E-state index in [9.17, 15) is 9.90 Å². The molecule has 0 unspecified atom stereocenters. The number of hydrogen-bond donors (Lipinski definition) is 1. The van der Waals surface area contributed by atoms with Gasteiger partial charge in [-0.1, -0.05) is 15.9 Å². The van der Waals surface area contributed by atoms with Crippen molar-refractivity contribution in [1.29, 1.82) is 0 Å². The van der Waals surface area contributed by atoms with E-state index in [0.717, 1.165) is 41.5 Å². The zero-order chi connectivity index (χ0) is 14.0. The first-order valence-electron chi connectivity index (χ1n) is 7.00. The molecule has 2 fully saturated rings. The molecule has 1 heterocycles. The monoisotopic (exact) mass is 338 g/mol. The van der Waals surface area contributed by atoms with Crippen LogP contribution in [0.5, 0.6) is 11.5 Å². The third kappa shape index (κ3) is 1.62. The fourth-order valence-corrected chi connectivity index (χ4v) is 4.03. The number of carbonyl (C=O) groups is 1. The molecule has 1 aromatic rings. The van der Waals surface area contributed by atoms with Crippen LogP contribution in [-0.2, 0) is 10.2 Å². The van der Waals surface area contributed by atoms with Gasteiger partial charge in [-0.05, 0) is 43.4 Å². The third-order valence-electron chi connectivity index (χ3n) is 4.67. The number of carboxylic acids is 1. The number of hydrogen-bond acceptors (Lipinski definition) is 3. The Hall–Kier alpha value is -1.23. The lowest BCUT2D eigenvalue weighted by Crippen LogP contribution is -2.34. The van der Waals surface area contributed by atoms with E-state index in [1.807, 2.05) is 12.1 Å². The van der Waals surface area contributed by atoms with Crippen molar-refractivity contribution in [2.45, 2.75) is 49.7 Å². The molecule has 106 valence electrons. The first-order chi connectivity index (χ1) is 9.55. The van der Waals surface area contributed by atoms with E-state index in [0.29, 0.717) is 18.6 Å². The summed E-state index contributed by atoms with van der Waals surface area (Å²) in [5, 5.41) is 9.44. The fourth-order valence-electron chi connectivity index (χ4n) is 3.32. The van der Waals surface area contributed by atoms with Crippen LogP contribution in [0.3, 0.4) is 0 Å². The molecular formula is C15H15BrO4. The average molecular weight is 339 g/mol. The molecule has 1 aromatic carbocycles. The lowest BCUT2D eigenvalue weighted by atomic mass is 9.96. The number of ether oxygens (including phenoxy) is 2. The molecule has 0 saturated heterocycles. The van der Waals surface area contributed by atoms with Crippen LogP contribution in [0.2, 0.25) is 0 Å². The van der Waals surface area contributed by atoms with Crippen LogP contribution in [0.25, 0.3) is 0 Å². The number of aliphatic carboxylic acids is 1. The number of fused-ring (bicyclic) bond motifs is 1. The fraction of sp³-hybridized carbons (Fsp3) is 0.533. The molecule has 20 heavy (non-hydrogen) atoms. The topological polar surface area (TPSA) is 55.8 Å². The molecule has 2 aliphatic carbocycles. The van der Waals surface area contributed by atoms with Crippen molar-refractivity contribution in [3.8, 4) is 11.5 Å². The quantitative estimate of drug-likeness (QED) is 0.894. The van der Waals surface area contributed by atoms with Gasteiger partial charge in [0.05, 0.1) is 5.41 Å². The van der Waals surface area contributed by atoms with E-state index in [1.165, 1.54) is 0 Å². The molecule has 4 rings (SSSR count). The van der Waals surface area contributed by atoms with Crippen molar-refractivity contribution < 1.29 is 19.4 Å². The molecule has 1 aliphatic heterocycles. The van der Waals surface area contributed by atoms with E-state index < -0.39 is 17.2 Å². The molecule has 4 nitrogen and oxygen atoms in total. The molecule has 0 aromatic heterocycles. The normalized spacial score (nSPS) is 24.1. The Morgan fingerprint density at radius 1 is 1.10 bits per heavy atom. The Balaban J connectivity index is 1.75. The predicted octanol–water partition coefficient (Wildman–Crippen LogP) is 3.61. The molecule has 1 spiro atoms. The van der Waals surface area contributed by atoms with Gasteiger partial charge in [0.25, 0.3) is 5.79 Å². The first-order valence-corrected chi connectivity index (χ1v) is 7.80. The van der Waals surface area contributed by atoms with Crippen LogP contribution in [0.4, 0.5) is 0 Å². The van der Waals surface area contributed by atoms with Gasteiger partial charge in [-0.25, -0.2) is 0 Å². The Morgan fingerprint density at radius 2 is 1.70 bits per heavy atom. The Kier molecular flexibility index (Phi) is 2.44. The van der Waals surface area contributed by atoms with Gasteiger partial charge in [0.2, 0.25) is 0 Å². The number of halogens is 1. The van der Waals surface area contributed by atoms with Crippen molar-refractivity contribution >= 4 is 21.9 Å². The van der Waals surface area contributed by atoms with Gasteiger partial charge in [-0.2, -0.15) is 0 Å². The summed E-state index contributed by atoms with van der Waals surface area (Å²) in [6.45, 7) is 0. The van der Waals surface area contributed by atoms with Crippen molar-refractivity contribution in [2.24, 2.45) is 0 Å². The van der Waals surface area contributed by atoms with Crippen LogP contribution >= 0.6 is 15.9 Å². The second-order valence-electron chi connectivity index (χ2n) is 5.99. The molecule has 2 saturated carbocycles. The highest BCUT2D eigenvalue weighted by Crippen LogP contribution is 2.55. The second-order valence-corrected chi connectivity index (χ2v) is 6.84. The largest absolute Gasteiger partial charge is 0.481 e. The highest BCUT2D eigenvalue weighted by atomic mass is 79.9. The van der Waals surface area contributed by atoms with E-state index in [2.05, 4.69) is 15.9 Å². The predicted molar refractivity (Wildman–Crippen MR) is 75.1 cm³/mol. The van der Waals surface area contributed by atoms with Crippen LogP contribution in [0.1, 0.15) is 44.1 Å². The van der Waals surface area contributed by atoms with Gasteiger partial charge in [-0.3, -0.25) is 4.79 Å². The lowest BCUT2D eigenvalue weighted by Gasteiger charge is -2.21. The summed E-state index contributed by atoms with van der Waals surface area (Å²) in [4.78, 5) is 11.5. The van der Waals surface area contributed by atoms with E-state index in [-0.39, 0.29) is 0 Å². The Labute approximate surface area is 125 Å². The van der Waals surface area contributed by atoms with Gasteiger partial charge in [0.1, 0.15) is 0 Å². The van der Waals surface area contributed by atoms with Crippen LogP contribution in [0.15, 0.2) is 16.6 Å². The average Bonchev–Trinajstić information content (AvgIpc) is 2.98. The molecule has 0 amide bonds. The van der Waals surface area contributed by atoms with Gasteiger partial charge < -0.3 is 14.6 Å². The lowest BCUT2D eigenvalue weighted by molar-refractivity contribution is -0.140. The Morgan fingerprint density at radius 3 is 2.25 bits per heavy atom. The number of rotatable bonds is 2. The SMILES string of the molecule is O=C(O)C1(c2cc3c(cc2Br)OC2(CCCC2)O3)CC1. The summed E-state index contributed by atoms with van der Waals surface area (Å²) >= 11 is 3.49. The number of benzene rings is 1. The van der Waals surface area contributed by atoms with E-state index in [4.69, 9.17) is 9.47 Å².